The lowest BCUT2D eigenvalue weighted by atomic mass is 10.3. The fourth-order valence-corrected chi connectivity index (χ4v) is 1.40. The van der Waals surface area contributed by atoms with Crippen LogP contribution in [0.5, 0.6) is 0 Å². The minimum Gasteiger partial charge on any atom is -0.382 e. The van der Waals surface area contributed by atoms with Crippen LogP contribution in [0.2, 0.25) is 0 Å². The molecule has 3 N–H and O–H groups in total. The highest BCUT2D eigenvalue weighted by molar-refractivity contribution is 6.01. The molecule has 0 atom stereocenters. The van der Waals surface area contributed by atoms with Gasteiger partial charge >= 0.3 is 0 Å². The second-order valence-electron chi connectivity index (χ2n) is 3.75. The van der Waals surface area contributed by atoms with Gasteiger partial charge in [-0.25, -0.2) is 19.9 Å². The van der Waals surface area contributed by atoms with Crippen molar-refractivity contribution in [1.82, 2.24) is 19.9 Å². The van der Waals surface area contributed by atoms with Crippen LogP contribution in [0, 0.1) is 13.8 Å². The molecule has 0 bridgehead atoms. The zero-order valence-electron chi connectivity index (χ0n) is 10.0. The Kier molecular flexibility index (Phi) is 3.13. The number of anilines is 2. The Bertz CT molecular complexity index is 560. The van der Waals surface area contributed by atoms with E-state index in [2.05, 4.69) is 25.3 Å². The molecule has 0 spiro atoms. The lowest BCUT2D eigenvalue weighted by molar-refractivity contribution is 0.102. The Balaban J connectivity index is 2.18. The summed E-state index contributed by atoms with van der Waals surface area (Å²) in [4.78, 5) is 27.7. The maximum Gasteiger partial charge on any atom is 0.278 e. The van der Waals surface area contributed by atoms with E-state index in [4.69, 9.17) is 5.73 Å². The minimum atomic E-state index is -0.424. The number of nitrogen functional groups attached to an aromatic ring is 1. The van der Waals surface area contributed by atoms with Gasteiger partial charge in [0.25, 0.3) is 5.91 Å². The van der Waals surface area contributed by atoms with Crippen molar-refractivity contribution in [3.05, 3.63) is 35.5 Å². The van der Waals surface area contributed by atoms with Gasteiger partial charge in [0.1, 0.15) is 11.5 Å². The molecule has 92 valence electrons. The Labute approximate surface area is 104 Å². The third-order valence-corrected chi connectivity index (χ3v) is 2.11. The molecule has 1 amide bonds. The first-order chi connectivity index (χ1) is 8.54. The van der Waals surface area contributed by atoms with E-state index in [-0.39, 0.29) is 17.5 Å². The molecule has 2 heterocycles. The number of nitrogens with two attached hydrogens (primary N) is 1. The molecule has 0 aliphatic heterocycles. The molecule has 0 unspecified atom stereocenters. The van der Waals surface area contributed by atoms with Gasteiger partial charge in [-0.05, 0) is 19.9 Å². The van der Waals surface area contributed by atoms with Crippen LogP contribution in [0.3, 0.4) is 0 Å². The summed E-state index contributed by atoms with van der Waals surface area (Å²) in [5, 5.41) is 2.55. The van der Waals surface area contributed by atoms with Crippen LogP contribution in [0.25, 0.3) is 0 Å². The number of carbonyl (C=O) groups is 1. The van der Waals surface area contributed by atoms with Crippen LogP contribution >= 0.6 is 0 Å². The van der Waals surface area contributed by atoms with E-state index in [0.717, 1.165) is 11.4 Å². The number of nitrogens with one attached hydrogen (secondary N) is 1. The molecule has 0 aliphatic carbocycles. The average molecular weight is 244 g/mol. The number of rotatable bonds is 2. The summed E-state index contributed by atoms with van der Waals surface area (Å²) in [7, 11) is 0. The fourth-order valence-electron chi connectivity index (χ4n) is 1.40. The standard InChI is InChI=1S/C11H12N6O/c1-6-3-7(2)16-11(15-6)17-10(18)8-4-14-9(12)5-13-8/h3-5H,1-2H3,(H2,12,14)(H,15,16,17,18). The van der Waals surface area contributed by atoms with Crippen molar-refractivity contribution in [3.8, 4) is 0 Å². The first kappa shape index (κ1) is 11.9. The van der Waals surface area contributed by atoms with Crippen molar-refractivity contribution < 1.29 is 4.79 Å². The number of nitrogens with zero attached hydrogens (tertiary/aromatic N) is 4. The summed E-state index contributed by atoms with van der Waals surface area (Å²) in [5.41, 5.74) is 7.11. The van der Waals surface area contributed by atoms with E-state index in [0.29, 0.717) is 0 Å². The molecule has 18 heavy (non-hydrogen) atoms. The van der Waals surface area contributed by atoms with E-state index >= 15 is 0 Å². The summed E-state index contributed by atoms with van der Waals surface area (Å²) >= 11 is 0. The second kappa shape index (κ2) is 4.74. The summed E-state index contributed by atoms with van der Waals surface area (Å²) in [5.74, 6) is 0.0813. The quantitative estimate of drug-likeness (QED) is 0.806. The molecule has 7 heteroatoms. The maximum absolute atomic E-state index is 11.8. The summed E-state index contributed by atoms with van der Waals surface area (Å²) < 4.78 is 0. The van der Waals surface area contributed by atoms with E-state index in [9.17, 15) is 4.79 Å². The number of hydrogen-bond donors (Lipinski definition) is 2. The third-order valence-electron chi connectivity index (χ3n) is 2.11. The SMILES string of the molecule is Cc1cc(C)nc(NC(=O)c2cnc(N)cn2)n1. The van der Waals surface area contributed by atoms with Gasteiger partial charge in [0.2, 0.25) is 5.95 Å². The Morgan fingerprint density at radius 2 is 1.83 bits per heavy atom. The van der Waals surface area contributed by atoms with Crippen molar-refractivity contribution in [1.29, 1.82) is 0 Å². The summed E-state index contributed by atoms with van der Waals surface area (Å²) in [6.07, 6.45) is 2.62. The molecule has 0 aliphatic rings. The smallest absolute Gasteiger partial charge is 0.278 e. The van der Waals surface area contributed by atoms with Gasteiger partial charge in [0, 0.05) is 11.4 Å². The number of hydrogen-bond acceptors (Lipinski definition) is 6. The Morgan fingerprint density at radius 1 is 1.17 bits per heavy atom. The normalized spacial score (nSPS) is 10.1. The summed E-state index contributed by atoms with van der Waals surface area (Å²) in [6, 6.07) is 1.82. The highest BCUT2D eigenvalue weighted by Gasteiger charge is 2.10. The number of aromatic nitrogens is 4. The van der Waals surface area contributed by atoms with E-state index < -0.39 is 5.91 Å². The number of amides is 1. The number of carbonyl (C=O) groups excluding carboxylic acids is 1. The van der Waals surface area contributed by atoms with E-state index in [1.807, 2.05) is 19.9 Å². The molecule has 7 nitrogen and oxygen atoms in total. The van der Waals surface area contributed by atoms with Crippen molar-refractivity contribution in [3.63, 3.8) is 0 Å². The molecule has 0 radical (unpaired) electrons. The fraction of sp³-hybridized carbons (Fsp3) is 0.182. The lowest BCUT2D eigenvalue weighted by Gasteiger charge is -2.04. The molecule has 0 aromatic carbocycles. The van der Waals surface area contributed by atoms with Gasteiger partial charge in [0.15, 0.2) is 0 Å². The molecule has 0 saturated carbocycles. The molecule has 0 saturated heterocycles. The van der Waals surface area contributed by atoms with E-state index in [1.54, 1.807) is 0 Å². The predicted molar refractivity (Wildman–Crippen MR) is 65.9 cm³/mol. The molecule has 0 fully saturated rings. The monoisotopic (exact) mass is 244 g/mol. The second-order valence-corrected chi connectivity index (χ2v) is 3.75. The lowest BCUT2D eigenvalue weighted by Crippen LogP contribution is -2.16. The van der Waals surface area contributed by atoms with Crippen molar-refractivity contribution in [2.24, 2.45) is 0 Å². The molecular weight excluding hydrogens is 232 g/mol. The molecular formula is C11H12N6O. The first-order valence-corrected chi connectivity index (χ1v) is 5.26. The maximum atomic E-state index is 11.8. The Hall–Kier alpha value is -2.57. The topological polar surface area (TPSA) is 107 Å². The van der Waals surface area contributed by atoms with Crippen LogP contribution < -0.4 is 11.1 Å². The van der Waals surface area contributed by atoms with Crippen molar-refractivity contribution >= 4 is 17.7 Å². The van der Waals surface area contributed by atoms with Crippen LogP contribution in [-0.2, 0) is 0 Å². The first-order valence-electron chi connectivity index (χ1n) is 5.26. The molecule has 2 rings (SSSR count). The largest absolute Gasteiger partial charge is 0.382 e. The zero-order chi connectivity index (χ0) is 13.1. The summed E-state index contributed by atoms with van der Waals surface area (Å²) in [6.45, 7) is 3.65. The Morgan fingerprint density at radius 3 is 2.39 bits per heavy atom. The van der Waals surface area contributed by atoms with Gasteiger partial charge in [0.05, 0.1) is 12.4 Å². The molecule has 2 aromatic rings. The molecule has 2 aromatic heterocycles. The third kappa shape index (κ3) is 2.76. The van der Waals surface area contributed by atoms with Gasteiger partial charge in [-0.2, -0.15) is 0 Å². The van der Waals surface area contributed by atoms with Crippen LogP contribution in [0.15, 0.2) is 18.5 Å². The van der Waals surface area contributed by atoms with Gasteiger partial charge < -0.3 is 5.73 Å². The predicted octanol–water partition coefficient (Wildman–Crippen LogP) is 0.718. The highest BCUT2D eigenvalue weighted by Crippen LogP contribution is 2.05. The van der Waals surface area contributed by atoms with Crippen LogP contribution in [-0.4, -0.2) is 25.8 Å². The van der Waals surface area contributed by atoms with Gasteiger partial charge in [-0.15, -0.1) is 0 Å². The van der Waals surface area contributed by atoms with Gasteiger partial charge in [-0.1, -0.05) is 0 Å². The minimum absolute atomic E-state index is 0.159. The van der Waals surface area contributed by atoms with E-state index in [1.165, 1.54) is 12.4 Å². The van der Waals surface area contributed by atoms with Gasteiger partial charge in [-0.3, -0.25) is 10.1 Å². The van der Waals surface area contributed by atoms with Crippen molar-refractivity contribution in [2.45, 2.75) is 13.8 Å². The number of aryl methyl sites for hydroxylation is 2. The van der Waals surface area contributed by atoms with Crippen LogP contribution in [0.1, 0.15) is 21.9 Å². The zero-order valence-corrected chi connectivity index (χ0v) is 10.0. The highest BCUT2D eigenvalue weighted by atomic mass is 16.2. The van der Waals surface area contributed by atoms with Crippen LogP contribution in [0.4, 0.5) is 11.8 Å². The average Bonchev–Trinajstić information content (AvgIpc) is 2.28. The van der Waals surface area contributed by atoms with Crippen molar-refractivity contribution in [2.75, 3.05) is 11.1 Å².